The molecule has 112 valence electrons. The van der Waals surface area contributed by atoms with E-state index in [0.29, 0.717) is 6.42 Å². The molecule has 0 aromatic heterocycles. The number of Topliss-reactive ketones (excluding diaryl/α,β-unsaturated/α-hetero) is 1. The molecule has 1 aromatic carbocycles. The Kier molecular flexibility index (Phi) is 5.67. The van der Waals surface area contributed by atoms with E-state index < -0.39 is 10.4 Å². The molecule has 0 fully saturated rings. The second-order valence-corrected chi connectivity index (χ2v) is 5.87. The van der Waals surface area contributed by atoms with Gasteiger partial charge in [-0.05, 0) is 31.0 Å². The van der Waals surface area contributed by atoms with Gasteiger partial charge in [-0.1, -0.05) is 26.0 Å². The summed E-state index contributed by atoms with van der Waals surface area (Å²) < 4.78 is 34.0. The van der Waals surface area contributed by atoms with Crippen LogP contribution in [0.25, 0.3) is 0 Å². The number of ketones is 1. The predicted molar refractivity (Wildman–Crippen MR) is 75.1 cm³/mol. The van der Waals surface area contributed by atoms with Gasteiger partial charge in [-0.25, -0.2) is 0 Å². The average molecular weight is 301 g/mol. The lowest BCUT2D eigenvalue weighted by molar-refractivity contribution is -0.119. The highest BCUT2D eigenvalue weighted by Gasteiger charge is 2.15. The van der Waals surface area contributed by atoms with Gasteiger partial charge in [0, 0.05) is 6.04 Å². The van der Waals surface area contributed by atoms with Crippen LogP contribution in [0.2, 0.25) is 0 Å². The summed E-state index contributed by atoms with van der Waals surface area (Å²) in [5.41, 5.74) is 0.862. The first-order valence-electron chi connectivity index (χ1n) is 6.19. The van der Waals surface area contributed by atoms with Crippen LogP contribution in [0.4, 0.5) is 0 Å². The summed E-state index contributed by atoms with van der Waals surface area (Å²) in [6.45, 7) is 5.44. The SMILES string of the molecule is CC(=O)[C@H](Cc1ccc(OS(=O)(=O)O)cc1)NC(C)C. The first-order valence-corrected chi connectivity index (χ1v) is 7.56. The van der Waals surface area contributed by atoms with Gasteiger partial charge in [0.15, 0.2) is 0 Å². The van der Waals surface area contributed by atoms with Gasteiger partial charge >= 0.3 is 10.4 Å². The van der Waals surface area contributed by atoms with E-state index in [1.807, 2.05) is 13.8 Å². The largest absolute Gasteiger partial charge is 0.446 e. The van der Waals surface area contributed by atoms with E-state index >= 15 is 0 Å². The molecule has 2 N–H and O–H groups in total. The number of carbonyl (C=O) groups excluding carboxylic acids is 1. The highest BCUT2D eigenvalue weighted by Crippen LogP contribution is 2.15. The molecule has 6 nitrogen and oxygen atoms in total. The second kappa shape index (κ2) is 6.83. The van der Waals surface area contributed by atoms with Crippen LogP contribution in [0.5, 0.6) is 5.75 Å². The topological polar surface area (TPSA) is 92.7 Å². The van der Waals surface area contributed by atoms with Crippen molar-refractivity contribution in [2.45, 2.75) is 39.3 Å². The molecule has 0 radical (unpaired) electrons. The molecule has 0 bridgehead atoms. The Morgan fingerprint density at radius 2 is 1.85 bits per heavy atom. The van der Waals surface area contributed by atoms with Crippen molar-refractivity contribution in [1.29, 1.82) is 0 Å². The smallest absolute Gasteiger partial charge is 0.362 e. The van der Waals surface area contributed by atoms with Crippen LogP contribution in [0.15, 0.2) is 24.3 Å². The molecule has 0 heterocycles. The lowest BCUT2D eigenvalue weighted by Crippen LogP contribution is -2.41. The van der Waals surface area contributed by atoms with Crippen LogP contribution < -0.4 is 9.50 Å². The fourth-order valence-electron chi connectivity index (χ4n) is 1.76. The van der Waals surface area contributed by atoms with Gasteiger partial charge in [0.1, 0.15) is 11.5 Å². The Balaban J connectivity index is 2.75. The highest BCUT2D eigenvalue weighted by atomic mass is 32.3. The Hall–Kier alpha value is -1.44. The lowest BCUT2D eigenvalue weighted by Gasteiger charge is -2.18. The van der Waals surface area contributed by atoms with Gasteiger partial charge in [-0.2, -0.15) is 8.42 Å². The molecular weight excluding hydrogens is 282 g/mol. The first kappa shape index (κ1) is 16.6. The van der Waals surface area contributed by atoms with E-state index in [9.17, 15) is 13.2 Å². The van der Waals surface area contributed by atoms with Crippen LogP contribution in [-0.2, 0) is 21.6 Å². The summed E-state index contributed by atoms with van der Waals surface area (Å²) in [7, 11) is -4.51. The fourth-order valence-corrected chi connectivity index (χ4v) is 2.12. The second-order valence-electron chi connectivity index (χ2n) is 4.84. The number of benzene rings is 1. The highest BCUT2D eigenvalue weighted by molar-refractivity contribution is 7.81. The van der Waals surface area contributed by atoms with Gasteiger partial charge in [0.2, 0.25) is 0 Å². The van der Waals surface area contributed by atoms with Crippen LogP contribution in [0, 0.1) is 0 Å². The van der Waals surface area contributed by atoms with Crippen LogP contribution in [0.3, 0.4) is 0 Å². The van der Waals surface area contributed by atoms with Crippen LogP contribution in [0.1, 0.15) is 26.3 Å². The van der Waals surface area contributed by atoms with E-state index in [0.717, 1.165) is 5.56 Å². The van der Waals surface area contributed by atoms with Crippen molar-refractivity contribution < 1.29 is 21.9 Å². The van der Waals surface area contributed by atoms with Gasteiger partial charge in [-0.15, -0.1) is 0 Å². The maximum absolute atomic E-state index is 11.5. The average Bonchev–Trinajstić information content (AvgIpc) is 2.28. The van der Waals surface area contributed by atoms with Crippen molar-refractivity contribution >= 4 is 16.2 Å². The van der Waals surface area contributed by atoms with Crippen molar-refractivity contribution in [2.75, 3.05) is 0 Å². The number of hydrogen-bond acceptors (Lipinski definition) is 5. The third-order valence-corrected chi connectivity index (χ3v) is 2.99. The monoisotopic (exact) mass is 301 g/mol. The molecule has 0 aliphatic carbocycles. The Morgan fingerprint density at radius 1 is 1.30 bits per heavy atom. The molecule has 1 atom stereocenters. The summed E-state index contributed by atoms with van der Waals surface area (Å²) in [5, 5.41) is 3.16. The molecular formula is C13H19NO5S. The van der Waals surface area contributed by atoms with E-state index in [1.165, 1.54) is 19.1 Å². The molecule has 0 saturated carbocycles. The molecule has 0 aliphatic heterocycles. The van der Waals surface area contributed by atoms with Crippen molar-refractivity contribution in [3.63, 3.8) is 0 Å². The molecule has 0 aliphatic rings. The van der Waals surface area contributed by atoms with Crippen LogP contribution >= 0.6 is 0 Å². The van der Waals surface area contributed by atoms with Crippen molar-refractivity contribution in [1.82, 2.24) is 5.32 Å². The summed E-state index contributed by atoms with van der Waals surface area (Å²) in [4.78, 5) is 11.5. The minimum atomic E-state index is -4.51. The Bertz CT molecular complexity index is 551. The predicted octanol–water partition coefficient (Wildman–Crippen LogP) is 1.37. The molecule has 1 rings (SSSR count). The number of nitrogens with one attached hydrogen (secondary N) is 1. The van der Waals surface area contributed by atoms with E-state index in [-0.39, 0.29) is 23.6 Å². The van der Waals surface area contributed by atoms with E-state index in [2.05, 4.69) is 9.50 Å². The number of rotatable bonds is 7. The number of carbonyl (C=O) groups is 1. The fraction of sp³-hybridized carbons (Fsp3) is 0.462. The van der Waals surface area contributed by atoms with Gasteiger partial charge in [0.25, 0.3) is 0 Å². The Labute approximate surface area is 119 Å². The summed E-state index contributed by atoms with van der Waals surface area (Å²) in [5.74, 6) is 0.0596. The lowest BCUT2D eigenvalue weighted by atomic mass is 10.0. The number of hydrogen-bond donors (Lipinski definition) is 2. The normalized spacial score (nSPS) is 13.2. The molecule has 0 unspecified atom stereocenters. The zero-order valence-electron chi connectivity index (χ0n) is 11.7. The molecule has 0 saturated heterocycles. The molecule has 0 spiro atoms. The molecule has 0 amide bonds. The maximum atomic E-state index is 11.5. The van der Waals surface area contributed by atoms with Crippen molar-refractivity contribution in [3.8, 4) is 5.75 Å². The van der Waals surface area contributed by atoms with Crippen LogP contribution in [-0.4, -0.2) is 30.8 Å². The van der Waals surface area contributed by atoms with Crippen molar-refractivity contribution in [3.05, 3.63) is 29.8 Å². The molecule has 7 heteroatoms. The van der Waals surface area contributed by atoms with Gasteiger partial charge in [-0.3, -0.25) is 9.35 Å². The quantitative estimate of drug-likeness (QED) is 0.739. The minimum Gasteiger partial charge on any atom is -0.362 e. The Morgan fingerprint density at radius 3 is 2.25 bits per heavy atom. The summed E-state index contributed by atoms with van der Waals surface area (Å²) in [6, 6.07) is 6.05. The first-order chi connectivity index (χ1) is 9.17. The third-order valence-electron chi connectivity index (χ3n) is 2.59. The molecule has 1 aromatic rings. The molecule has 20 heavy (non-hydrogen) atoms. The maximum Gasteiger partial charge on any atom is 0.446 e. The third kappa shape index (κ3) is 6.14. The van der Waals surface area contributed by atoms with Crippen molar-refractivity contribution in [2.24, 2.45) is 0 Å². The zero-order valence-corrected chi connectivity index (χ0v) is 12.5. The van der Waals surface area contributed by atoms with Gasteiger partial charge in [0.05, 0.1) is 6.04 Å². The van der Waals surface area contributed by atoms with Gasteiger partial charge < -0.3 is 9.50 Å². The minimum absolute atomic E-state index is 0.0208. The standard InChI is InChI=1S/C13H19NO5S/c1-9(2)14-13(10(3)15)8-11-4-6-12(7-5-11)19-20(16,17)18/h4-7,9,13-14H,8H2,1-3H3,(H,16,17,18)/t13-/m0/s1. The summed E-state index contributed by atoms with van der Waals surface area (Å²) in [6.07, 6.45) is 0.500. The van der Waals surface area contributed by atoms with E-state index in [1.54, 1.807) is 12.1 Å². The van der Waals surface area contributed by atoms with E-state index in [4.69, 9.17) is 4.55 Å². The summed E-state index contributed by atoms with van der Waals surface area (Å²) >= 11 is 0. The zero-order chi connectivity index (χ0) is 15.3.